The van der Waals surface area contributed by atoms with Crippen molar-refractivity contribution in [3.05, 3.63) is 24.3 Å². The Balaban J connectivity index is 2.49. The molecule has 0 spiro atoms. The molecule has 1 aromatic carbocycles. The van der Waals surface area contributed by atoms with Crippen molar-refractivity contribution in [3.8, 4) is 5.75 Å². The summed E-state index contributed by atoms with van der Waals surface area (Å²) in [6.45, 7) is 0. The molecule has 0 unspecified atom stereocenters. The number of methoxy groups -OCH3 is 1. The number of anilines is 1. The molecule has 0 aliphatic heterocycles. The highest BCUT2D eigenvalue weighted by Crippen LogP contribution is 2.17. The van der Waals surface area contributed by atoms with Gasteiger partial charge in [0.1, 0.15) is 5.75 Å². The lowest BCUT2D eigenvalue weighted by Gasteiger charge is -2.09. The highest BCUT2D eigenvalue weighted by molar-refractivity contribution is 5.89. The summed E-state index contributed by atoms with van der Waals surface area (Å²) in [7, 11) is 1.41. The Bertz CT molecular complexity index is 476. The molecule has 2 N–H and O–H groups in total. The minimum atomic E-state index is -5.18. The number of alkyl halides is 3. The van der Waals surface area contributed by atoms with Gasteiger partial charge in [-0.1, -0.05) is 6.07 Å². The van der Waals surface area contributed by atoms with Gasteiger partial charge in [0, 0.05) is 11.8 Å². The van der Waals surface area contributed by atoms with Crippen LogP contribution in [0.3, 0.4) is 0 Å². The topological polar surface area (TPSA) is 76.7 Å². The van der Waals surface area contributed by atoms with Crippen LogP contribution in [0.1, 0.15) is 0 Å². The number of carbonyl (C=O) groups excluding carboxylic acids is 2. The zero-order chi connectivity index (χ0) is 14.5. The summed E-state index contributed by atoms with van der Waals surface area (Å²) in [4.78, 5) is 25.0. The van der Waals surface area contributed by atoms with Crippen molar-refractivity contribution in [2.24, 2.45) is 0 Å². The Hall–Kier alpha value is -2.45. The Morgan fingerprint density at radius 2 is 1.95 bits per heavy atom. The third-order valence-electron chi connectivity index (χ3n) is 1.80. The predicted octanol–water partition coefficient (Wildman–Crippen LogP) is 1.84. The molecule has 0 fully saturated rings. The van der Waals surface area contributed by atoms with Gasteiger partial charge in [0.2, 0.25) is 0 Å². The number of carbonyl (C=O) groups is 2. The van der Waals surface area contributed by atoms with Crippen molar-refractivity contribution in [3.63, 3.8) is 0 Å². The quantitative estimate of drug-likeness (QED) is 0.809. The third kappa shape index (κ3) is 4.74. The minimum absolute atomic E-state index is 0.250. The van der Waals surface area contributed by atoms with E-state index in [-0.39, 0.29) is 5.69 Å². The maximum Gasteiger partial charge on any atom is 0.493 e. The maximum atomic E-state index is 11.8. The minimum Gasteiger partial charge on any atom is -0.497 e. The molecule has 1 aromatic rings. The summed E-state index contributed by atoms with van der Waals surface area (Å²) in [5.74, 6) is -2.08. The highest BCUT2D eigenvalue weighted by Gasteiger charge is 2.41. The molecule has 6 nitrogen and oxygen atoms in total. The van der Waals surface area contributed by atoms with Gasteiger partial charge in [0.05, 0.1) is 7.11 Å². The predicted molar refractivity (Wildman–Crippen MR) is 57.3 cm³/mol. The summed E-state index contributed by atoms with van der Waals surface area (Å²) < 4.78 is 40.2. The van der Waals surface area contributed by atoms with Gasteiger partial charge >= 0.3 is 18.2 Å². The van der Waals surface area contributed by atoms with Crippen LogP contribution < -0.4 is 15.5 Å². The van der Waals surface area contributed by atoms with E-state index >= 15 is 0 Å². The fourth-order valence-corrected chi connectivity index (χ4v) is 1.01. The SMILES string of the molecule is COc1cccc(NC(=O)NOC(=O)C(F)(F)F)c1. The Morgan fingerprint density at radius 1 is 1.26 bits per heavy atom. The van der Waals surface area contributed by atoms with Gasteiger partial charge in [-0.15, -0.1) is 0 Å². The van der Waals surface area contributed by atoms with Crippen LogP contribution in [0.25, 0.3) is 0 Å². The molecular weight excluding hydrogens is 269 g/mol. The largest absolute Gasteiger partial charge is 0.497 e. The van der Waals surface area contributed by atoms with Crippen molar-refractivity contribution in [2.45, 2.75) is 6.18 Å². The van der Waals surface area contributed by atoms with Gasteiger partial charge in [-0.25, -0.2) is 9.59 Å². The van der Waals surface area contributed by atoms with Gasteiger partial charge in [0.15, 0.2) is 0 Å². The number of ether oxygens (including phenoxy) is 1. The Kier molecular flexibility index (Phi) is 4.56. The molecular formula is C10H9F3N2O4. The van der Waals surface area contributed by atoms with Gasteiger partial charge in [-0.3, -0.25) is 0 Å². The van der Waals surface area contributed by atoms with E-state index in [1.165, 1.54) is 24.7 Å². The number of urea groups is 1. The van der Waals surface area contributed by atoms with Crippen molar-refractivity contribution in [1.82, 2.24) is 5.48 Å². The van der Waals surface area contributed by atoms with Crippen LogP contribution in [0.15, 0.2) is 24.3 Å². The van der Waals surface area contributed by atoms with Crippen molar-refractivity contribution in [2.75, 3.05) is 12.4 Å². The molecule has 0 bridgehead atoms. The van der Waals surface area contributed by atoms with Crippen LogP contribution in [0.4, 0.5) is 23.7 Å². The molecule has 0 aliphatic carbocycles. The monoisotopic (exact) mass is 278 g/mol. The first kappa shape index (κ1) is 14.6. The Morgan fingerprint density at radius 3 is 2.53 bits per heavy atom. The van der Waals surface area contributed by atoms with Gasteiger partial charge in [-0.05, 0) is 12.1 Å². The molecule has 19 heavy (non-hydrogen) atoms. The van der Waals surface area contributed by atoms with E-state index < -0.39 is 18.2 Å². The van der Waals surface area contributed by atoms with E-state index in [0.717, 1.165) is 0 Å². The maximum absolute atomic E-state index is 11.8. The molecule has 0 radical (unpaired) electrons. The standard InChI is InChI=1S/C10H9F3N2O4/c1-18-7-4-2-3-6(5-7)14-9(17)15-19-8(16)10(11,12)13/h2-5H,1H3,(H2,14,15,17). The van der Waals surface area contributed by atoms with Crippen molar-refractivity contribution < 1.29 is 32.3 Å². The molecule has 0 aliphatic rings. The summed E-state index contributed by atoms with van der Waals surface area (Å²) in [6, 6.07) is 4.91. The average Bonchev–Trinajstić information content (AvgIpc) is 2.35. The smallest absolute Gasteiger partial charge is 0.493 e. The summed E-state index contributed by atoms with van der Waals surface area (Å²) in [6.07, 6.45) is -5.18. The van der Waals surface area contributed by atoms with E-state index in [1.54, 1.807) is 12.1 Å². The summed E-state index contributed by atoms with van der Waals surface area (Å²) in [5, 5.41) is 2.15. The number of hydroxylamine groups is 1. The fourth-order valence-electron chi connectivity index (χ4n) is 1.01. The van der Waals surface area contributed by atoms with Gasteiger partial charge in [0.25, 0.3) is 0 Å². The van der Waals surface area contributed by atoms with E-state index in [2.05, 4.69) is 10.2 Å². The second-order valence-corrected chi connectivity index (χ2v) is 3.18. The fraction of sp³-hybridized carbons (Fsp3) is 0.200. The highest BCUT2D eigenvalue weighted by atomic mass is 19.4. The van der Waals surface area contributed by atoms with E-state index in [9.17, 15) is 22.8 Å². The third-order valence-corrected chi connectivity index (χ3v) is 1.80. The molecule has 0 saturated carbocycles. The van der Waals surface area contributed by atoms with Crippen LogP contribution in [-0.2, 0) is 9.63 Å². The number of halogens is 3. The average molecular weight is 278 g/mol. The zero-order valence-corrected chi connectivity index (χ0v) is 9.58. The molecule has 104 valence electrons. The molecule has 0 aromatic heterocycles. The van der Waals surface area contributed by atoms with E-state index in [0.29, 0.717) is 5.75 Å². The van der Waals surface area contributed by atoms with Crippen LogP contribution in [0.2, 0.25) is 0 Å². The van der Waals surface area contributed by atoms with Crippen LogP contribution in [0.5, 0.6) is 5.75 Å². The Labute approximate surface area is 105 Å². The number of rotatable bonds is 2. The lowest BCUT2D eigenvalue weighted by molar-refractivity contribution is -0.204. The number of hydrogen-bond donors (Lipinski definition) is 2. The molecule has 1 rings (SSSR count). The van der Waals surface area contributed by atoms with Crippen molar-refractivity contribution in [1.29, 1.82) is 0 Å². The number of benzene rings is 1. The number of nitrogens with one attached hydrogen (secondary N) is 2. The molecule has 0 heterocycles. The lowest BCUT2D eigenvalue weighted by Crippen LogP contribution is -2.36. The molecule has 9 heteroatoms. The second-order valence-electron chi connectivity index (χ2n) is 3.18. The first-order chi connectivity index (χ1) is 8.82. The first-order valence-corrected chi connectivity index (χ1v) is 4.82. The van der Waals surface area contributed by atoms with Gasteiger partial charge in [-0.2, -0.15) is 18.7 Å². The van der Waals surface area contributed by atoms with E-state index in [1.807, 2.05) is 0 Å². The zero-order valence-electron chi connectivity index (χ0n) is 9.58. The van der Waals surface area contributed by atoms with E-state index in [4.69, 9.17) is 4.74 Å². The van der Waals surface area contributed by atoms with Crippen LogP contribution >= 0.6 is 0 Å². The number of hydrogen-bond acceptors (Lipinski definition) is 4. The number of amides is 2. The second kappa shape index (κ2) is 5.94. The van der Waals surface area contributed by atoms with Crippen molar-refractivity contribution >= 4 is 17.7 Å². The molecule has 0 atom stereocenters. The summed E-state index contributed by atoms with van der Waals surface area (Å²) >= 11 is 0. The summed E-state index contributed by atoms with van der Waals surface area (Å²) in [5.41, 5.74) is 1.56. The van der Waals surface area contributed by atoms with Crippen LogP contribution in [-0.4, -0.2) is 25.3 Å². The normalized spacial score (nSPS) is 10.5. The first-order valence-electron chi connectivity index (χ1n) is 4.82. The van der Waals surface area contributed by atoms with Gasteiger partial charge < -0.3 is 14.9 Å². The molecule has 2 amide bonds. The van der Waals surface area contributed by atoms with Crippen LogP contribution in [0, 0.1) is 0 Å². The lowest BCUT2D eigenvalue weighted by atomic mass is 10.3. The molecule has 0 saturated heterocycles.